The number of piperidine rings is 1. The number of hydrogen-bond acceptors (Lipinski definition) is 6. The molecule has 1 fully saturated rings. The lowest BCUT2D eigenvalue weighted by molar-refractivity contribution is -0.148. The highest BCUT2D eigenvalue weighted by Crippen LogP contribution is 2.09. The van der Waals surface area contributed by atoms with Crippen LogP contribution in [0.4, 0.5) is 0 Å². The van der Waals surface area contributed by atoms with Gasteiger partial charge in [0.15, 0.2) is 6.04 Å². The van der Waals surface area contributed by atoms with E-state index in [0.29, 0.717) is 25.9 Å². The summed E-state index contributed by atoms with van der Waals surface area (Å²) >= 11 is 0. The zero-order valence-corrected chi connectivity index (χ0v) is 11.6. The molecule has 0 spiro atoms. The van der Waals surface area contributed by atoms with Gasteiger partial charge < -0.3 is 21.5 Å². The van der Waals surface area contributed by atoms with E-state index in [4.69, 9.17) is 16.2 Å². The summed E-state index contributed by atoms with van der Waals surface area (Å²) in [6.07, 6.45) is 1.38. The number of carbonyl (C=O) groups is 3. The normalized spacial score (nSPS) is 18.3. The van der Waals surface area contributed by atoms with Gasteiger partial charge in [-0.15, -0.1) is 0 Å². The molecule has 0 saturated carbocycles. The second-order valence-electron chi connectivity index (χ2n) is 4.76. The van der Waals surface area contributed by atoms with Crippen molar-refractivity contribution in [2.45, 2.75) is 31.8 Å². The van der Waals surface area contributed by atoms with Crippen LogP contribution in [0.3, 0.4) is 0 Å². The van der Waals surface area contributed by atoms with Gasteiger partial charge in [0.1, 0.15) is 0 Å². The van der Waals surface area contributed by atoms with Crippen LogP contribution in [0.15, 0.2) is 0 Å². The van der Waals surface area contributed by atoms with Crippen LogP contribution in [0.25, 0.3) is 0 Å². The van der Waals surface area contributed by atoms with Crippen molar-refractivity contribution >= 4 is 17.8 Å². The van der Waals surface area contributed by atoms with Crippen LogP contribution in [-0.2, 0) is 19.1 Å². The van der Waals surface area contributed by atoms with E-state index in [1.54, 1.807) is 6.92 Å². The smallest absolute Gasteiger partial charge is 0.332 e. The molecule has 0 aromatic rings. The van der Waals surface area contributed by atoms with Crippen LogP contribution < -0.4 is 16.8 Å². The minimum atomic E-state index is -1.29. The number of carbonyl (C=O) groups excluding carboxylic acids is 3. The van der Waals surface area contributed by atoms with Crippen molar-refractivity contribution in [1.82, 2.24) is 10.2 Å². The molecule has 1 aliphatic heterocycles. The molecule has 1 heterocycles. The minimum absolute atomic E-state index is 0.0490. The molecule has 1 saturated heterocycles. The summed E-state index contributed by atoms with van der Waals surface area (Å²) in [5.41, 5.74) is 10.6. The lowest BCUT2D eigenvalue weighted by Crippen LogP contribution is -2.53. The van der Waals surface area contributed by atoms with Gasteiger partial charge in [-0.2, -0.15) is 0 Å². The van der Waals surface area contributed by atoms with Crippen molar-refractivity contribution in [3.63, 3.8) is 0 Å². The first-order chi connectivity index (χ1) is 9.43. The monoisotopic (exact) mass is 286 g/mol. The van der Waals surface area contributed by atoms with Crippen molar-refractivity contribution in [1.29, 1.82) is 0 Å². The number of esters is 1. The third kappa shape index (κ3) is 5.14. The average Bonchev–Trinajstić information content (AvgIpc) is 2.39. The predicted octanol–water partition coefficient (Wildman–Crippen LogP) is -2.06. The highest BCUT2D eigenvalue weighted by Gasteiger charge is 2.27. The van der Waals surface area contributed by atoms with Crippen LogP contribution in [-0.4, -0.2) is 61.0 Å². The molecule has 1 unspecified atom stereocenters. The van der Waals surface area contributed by atoms with Gasteiger partial charge in [-0.05, 0) is 19.8 Å². The summed E-state index contributed by atoms with van der Waals surface area (Å²) in [4.78, 5) is 35.8. The number of rotatable bonds is 6. The maximum Gasteiger partial charge on any atom is 0.332 e. The fraction of sp³-hybridized carbons (Fsp3) is 0.750. The van der Waals surface area contributed by atoms with Gasteiger partial charge in [-0.1, -0.05) is 0 Å². The maximum absolute atomic E-state index is 11.8. The van der Waals surface area contributed by atoms with Crippen molar-refractivity contribution in [2.24, 2.45) is 11.5 Å². The van der Waals surface area contributed by atoms with Crippen LogP contribution in [0.2, 0.25) is 0 Å². The highest BCUT2D eigenvalue weighted by atomic mass is 16.5. The molecule has 0 radical (unpaired) electrons. The number of nitrogens with one attached hydrogen (secondary N) is 1. The van der Waals surface area contributed by atoms with Gasteiger partial charge in [-0.25, -0.2) is 4.79 Å². The van der Waals surface area contributed by atoms with Crippen molar-refractivity contribution in [3.05, 3.63) is 0 Å². The topological polar surface area (TPSA) is 128 Å². The third-order valence-corrected chi connectivity index (χ3v) is 3.14. The molecule has 0 bridgehead atoms. The number of likely N-dealkylation sites (tertiary alicyclic amines) is 1. The zero-order chi connectivity index (χ0) is 15.1. The van der Waals surface area contributed by atoms with Gasteiger partial charge in [0.25, 0.3) is 0 Å². The Kier molecular flexibility index (Phi) is 6.40. The molecule has 2 amide bonds. The highest BCUT2D eigenvalue weighted by molar-refractivity contribution is 6.01. The second-order valence-corrected chi connectivity index (χ2v) is 4.76. The summed E-state index contributed by atoms with van der Waals surface area (Å²) < 4.78 is 4.69. The van der Waals surface area contributed by atoms with Crippen LogP contribution >= 0.6 is 0 Å². The SMILES string of the molecule is CCOC(=O)C(N)C(=O)NC1CCN(CC(N)=O)CC1. The molecule has 5 N–H and O–H groups in total. The Hall–Kier alpha value is -1.67. The van der Waals surface area contributed by atoms with Crippen molar-refractivity contribution < 1.29 is 19.1 Å². The number of nitrogens with zero attached hydrogens (tertiary/aromatic N) is 1. The summed E-state index contributed by atoms with van der Waals surface area (Å²) in [7, 11) is 0. The van der Waals surface area contributed by atoms with Gasteiger partial charge >= 0.3 is 5.97 Å². The second kappa shape index (κ2) is 7.81. The molecule has 114 valence electrons. The molecular formula is C12H22N4O4. The van der Waals surface area contributed by atoms with Gasteiger partial charge in [0.05, 0.1) is 13.2 Å². The lowest BCUT2D eigenvalue weighted by Gasteiger charge is -2.31. The average molecular weight is 286 g/mol. The first-order valence-corrected chi connectivity index (χ1v) is 6.67. The van der Waals surface area contributed by atoms with E-state index < -0.39 is 17.9 Å². The molecule has 8 nitrogen and oxygen atoms in total. The number of nitrogens with two attached hydrogens (primary N) is 2. The Morgan fingerprint density at radius 3 is 2.45 bits per heavy atom. The minimum Gasteiger partial charge on any atom is -0.464 e. The molecule has 8 heteroatoms. The molecule has 0 aromatic carbocycles. The van der Waals surface area contributed by atoms with E-state index in [9.17, 15) is 14.4 Å². The van der Waals surface area contributed by atoms with Gasteiger partial charge in [0.2, 0.25) is 11.8 Å². The summed E-state index contributed by atoms with van der Waals surface area (Å²) in [6, 6.07) is -1.34. The quantitative estimate of drug-likeness (QED) is 0.380. The maximum atomic E-state index is 11.8. The van der Waals surface area contributed by atoms with E-state index in [1.807, 2.05) is 4.90 Å². The van der Waals surface area contributed by atoms with Crippen LogP contribution in [0.5, 0.6) is 0 Å². The Bertz CT molecular complexity index is 366. The zero-order valence-electron chi connectivity index (χ0n) is 11.6. The third-order valence-electron chi connectivity index (χ3n) is 3.14. The van der Waals surface area contributed by atoms with Crippen LogP contribution in [0.1, 0.15) is 19.8 Å². The first kappa shape index (κ1) is 16.4. The number of hydrogen-bond donors (Lipinski definition) is 3. The Balaban J connectivity index is 2.34. The lowest BCUT2D eigenvalue weighted by atomic mass is 10.0. The summed E-state index contributed by atoms with van der Waals surface area (Å²) in [5.74, 6) is -1.62. The van der Waals surface area contributed by atoms with E-state index in [-0.39, 0.29) is 25.1 Å². The predicted molar refractivity (Wildman–Crippen MR) is 71.4 cm³/mol. The Morgan fingerprint density at radius 2 is 1.95 bits per heavy atom. The molecule has 0 aromatic heterocycles. The van der Waals surface area contributed by atoms with E-state index in [1.165, 1.54) is 0 Å². The van der Waals surface area contributed by atoms with Gasteiger partial charge in [0, 0.05) is 19.1 Å². The number of primary amides is 1. The standard InChI is InChI=1S/C12H22N4O4/c1-2-20-12(19)10(14)11(18)15-8-3-5-16(6-4-8)7-9(13)17/h8,10H,2-7,14H2,1H3,(H2,13,17)(H,15,18). The fourth-order valence-corrected chi connectivity index (χ4v) is 2.09. The fourth-order valence-electron chi connectivity index (χ4n) is 2.09. The summed E-state index contributed by atoms with van der Waals surface area (Å²) in [5, 5.41) is 2.72. The molecular weight excluding hydrogens is 264 g/mol. The molecule has 20 heavy (non-hydrogen) atoms. The number of amides is 2. The Labute approximate surface area is 117 Å². The van der Waals surface area contributed by atoms with Crippen LogP contribution in [0, 0.1) is 0 Å². The van der Waals surface area contributed by atoms with E-state index in [2.05, 4.69) is 5.32 Å². The van der Waals surface area contributed by atoms with E-state index in [0.717, 1.165) is 0 Å². The van der Waals surface area contributed by atoms with Crippen molar-refractivity contribution in [3.8, 4) is 0 Å². The molecule has 1 rings (SSSR count). The van der Waals surface area contributed by atoms with Gasteiger partial charge in [-0.3, -0.25) is 14.5 Å². The molecule has 1 aliphatic rings. The Morgan fingerprint density at radius 1 is 1.35 bits per heavy atom. The molecule has 1 atom stereocenters. The largest absolute Gasteiger partial charge is 0.464 e. The molecule has 0 aliphatic carbocycles. The summed E-state index contributed by atoms with van der Waals surface area (Å²) in [6.45, 7) is 3.40. The van der Waals surface area contributed by atoms with E-state index >= 15 is 0 Å². The first-order valence-electron chi connectivity index (χ1n) is 6.67. The number of ether oxygens (including phenoxy) is 1. The van der Waals surface area contributed by atoms with Crippen molar-refractivity contribution in [2.75, 3.05) is 26.2 Å².